The second kappa shape index (κ2) is 14.7. The Bertz CT molecular complexity index is 1700. The van der Waals surface area contributed by atoms with Crippen LogP contribution >= 0.6 is 11.6 Å². The fraction of sp³-hybridized carbons (Fsp3) is 0.257. The number of hydrogen-bond donors (Lipinski definition) is 1. The number of carbonyl (C=O) groups is 2. The molecule has 4 aromatic rings. The van der Waals surface area contributed by atoms with E-state index in [0.717, 1.165) is 35.6 Å². The molecule has 0 radical (unpaired) electrons. The lowest BCUT2D eigenvalue weighted by atomic mass is 10.0. The second-order valence-corrected chi connectivity index (χ2v) is 13.4. The van der Waals surface area contributed by atoms with Crippen LogP contribution in [0.3, 0.4) is 0 Å². The molecule has 1 fully saturated rings. The predicted octanol–water partition coefficient (Wildman–Crippen LogP) is 6.37. The molecule has 2 amide bonds. The molecular formula is C35H35ClFN3O4S. The molecule has 5 rings (SSSR count). The molecule has 0 aliphatic heterocycles. The molecular weight excluding hydrogens is 613 g/mol. The van der Waals surface area contributed by atoms with Crippen molar-refractivity contribution >= 4 is 39.1 Å². The van der Waals surface area contributed by atoms with Crippen LogP contribution in [0.1, 0.15) is 36.8 Å². The number of nitrogens with zero attached hydrogens (tertiary/aromatic N) is 2. The molecule has 10 heteroatoms. The van der Waals surface area contributed by atoms with Crippen molar-refractivity contribution < 1.29 is 22.4 Å². The van der Waals surface area contributed by atoms with Crippen LogP contribution in [0.4, 0.5) is 10.1 Å². The molecule has 1 N–H and O–H groups in total. The van der Waals surface area contributed by atoms with Crippen LogP contribution in [0, 0.1) is 5.82 Å². The number of para-hydroxylation sites is 1. The zero-order valence-electron chi connectivity index (χ0n) is 24.7. The topological polar surface area (TPSA) is 86.8 Å². The van der Waals surface area contributed by atoms with Crippen LogP contribution in [-0.2, 0) is 32.6 Å². The standard InChI is InChI=1S/C35H35ClFN3O4S/c36-28-19-21-31(22-20-28)45(43,44)40(30-16-5-2-6-17-30)25-34(41)39(24-27-13-7-10-18-32(27)37)33(23-26-11-3-1-4-12-26)35(42)38-29-14-8-9-15-29/h1-7,10-13,16-22,29,33H,8-9,14-15,23-25H2,(H,38,42)/t33-/m0/s1. The monoisotopic (exact) mass is 647 g/mol. The molecule has 0 unspecified atom stereocenters. The summed E-state index contributed by atoms with van der Waals surface area (Å²) in [6.45, 7) is -0.851. The van der Waals surface area contributed by atoms with Gasteiger partial charge in [-0.15, -0.1) is 0 Å². The van der Waals surface area contributed by atoms with Crippen LogP contribution in [0.25, 0.3) is 0 Å². The smallest absolute Gasteiger partial charge is 0.264 e. The predicted molar refractivity (Wildman–Crippen MR) is 174 cm³/mol. The van der Waals surface area contributed by atoms with E-state index in [1.54, 1.807) is 48.5 Å². The van der Waals surface area contributed by atoms with Gasteiger partial charge in [-0.1, -0.05) is 91.2 Å². The number of carbonyl (C=O) groups excluding carboxylic acids is 2. The first-order chi connectivity index (χ1) is 21.7. The van der Waals surface area contributed by atoms with Crippen LogP contribution in [0.5, 0.6) is 0 Å². The Morgan fingerprint density at radius 1 is 0.844 bits per heavy atom. The van der Waals surface area contributed by atoms with Crippen molar-refractivity contribution in [2.75, 3.05) is 10.8 Å². The number of benzene rings is 4. The van der Waals surface area contributed by atoms with E-state index in [1.165, 1.54) is 35.2 Å². The van der Waals surface area contributed by atoms with Crippen LogP contribution in [0.2, 0.25) is 5.02 Å². The third kappa shape index (κ3) is 8.09. The Morgan fingerprint density at radius 2 is 1.44 bits per heavy atom. The van der Waals surface area contributed by atoms with E-state index >= 15 is 4.39 Å². The van der Waals surface area contributed by atoms with Crippen LogP contribution < -0.4 is 9.62 Å². The lowest BCUT2D eigenvalue weighted by Gasteiger charge is -2.34. The average Bonchev–Trinajstić information content (AvgIpc) is 3.56. The van der Waals surface area contributed by atoms with E-state index in [9.17, 15) is 18.0 Å². The first-order valence-corrected chi connectivity index (χ1v) is 16.7. The largest absolute Gasteiger partial charge is 0.352 e. The summed E-state index contributed by atoms with van der Waals surface area (Å²) in [4.78, 5) is 29.7. The maximum Gasteiger partial charge on any atom is 0.264 e. The zero-order chi connectivity index (χ0) is 31.8. The highest BCUT2D eigenvalue weighted by Crippen LogP contribution is 2.26. The Labute approximate surface area is 268 Å². The first-order valence-electron chi connectivity index (χ1n) is 14.9. The quantitative estimate of drug-likeness (QED) is 0.194. The van der Waals surface area contributed by atoms with Gasteiger partial charge in [-0.25, -0.2) is 12.8 Å². The summed E-state index contributed by atoms with van der Waals surface area (Å²) in [5.41, 5.74) is 1.29. The molecule has 1 atom stereocenters. The zero-order valence-corrected chi connectivity index (χ0v) is 26.3. The summed E-state index contributed by atoms with van der Waals surface area (Å²) >= 11 is 6.03. The van der Waals surface area contributed by atoms with Gasteiger partial charge in [0.1, 0.15) is 18.4 Å². The van der Waals surface area contributed by atoms with Gasteiger partial charge < -0.3 is 10.2 Å². The fourth-order valence-electron chi connectivity index (χ4n) is 5.59. The number of sulfonamides is 1. The number of nitrogens with one attached hydrogen (secondary N) is 1. The third-order valence-electron chi connectivity index (χ3n) is 8.00. The summed E-state index contributed by atoms with van der Waals surface area (Å²) in [5, 5.41) is 3.48. The minimum atomic E-state index is -4.25. The first kappa shape index (κ1) is 32.2. The van der Waals surface area contributed by atoms with Crippen LogP contribution in [0.15, 0.2) is 114 Å². The number of halogens is 2. The van der Waals surface area contributed by atoms with Gasteiger partial charge in [-0.05, 0) is 60.9 Å². The van der Waals surface area contributed by atoms with Gasteiger partial charge in [0.15, 0.2) is 0 Å². The van der Waals surface area contributed by atoms with Crippen molar-refractivity contribution in [3.8, 4) is 0 Å². The minimum absolute atomic E-state index is 0.0210. The summed E-state index contributed by atoms with van der Waals surface area (Å²) in [5.74, 6) is -1.54. The molecule has 7 nitrogen and oxygen atoms in total. The molecule has 1 aliphatic carbocycles. The number of hydrogen-bond acceptors (Lipinski definition) is 4. The lowest BCUT2D eigenvalue weighted by molar-refractivity contribution is -0.140. The molecule has 0 aromatic heterocycles. The Balaban J connectivity index is 1.56. The normalized spacial score (nSPS) is 14.1. The maximum absolute atomic E-state index is 15.0. The lowest BCUT2D eigenvalue weighted by Crippen LogP contribution is -2.54. The molecule has 1 aliphatic rings. The van der Waals surface area contributed by atoms with Gasteiger partial charge in [-0.2, -0.15) is 0 Å². The van der Waals surface area contributed by atoms with E-state index in [-0.39, 0.29) is 41.1 Å². The highest BCUT2D eigenvalue weighted by molar-refractivity contribution is 7.92. The number of rotatable bonds is 12. The van der Waals surface area contributed by atoms with Gasteiger partial charge in [0.05, 0.1) is 10.6 Å². The Morgan fingerprint density at radius 3 is 2.09 bits per heavy atom. The molecule has 0 saturated heterocycles. The highest BCUT2D eigenvalue weighted by Gasteiger charge is 2.35. The van der Waals surface area contributed by atoms with E-state index in [2.05, 4.69) is 5.32 Å². The van der Waals surface area contributed by atoms with Crippen molar-refractivity contribution in [1.82, 2.24) is 10.2 Å². The van der Waals surface area contributed by atoms with E-state index in [4.69, 9.17) is 11.6 Å². The van der Waals surface area contributed by atoms with E-state index < -0.39 is 34.3 Å². The maximum atomic E-state index is 15.0. The molecule has 0 heterocycles. The average molecular weight is 648 g/mol. The summed E-state index contributed by atoms with van der Waals surface area (Å²) in [7, 11) is -4.25. The Kier molecular flexibility index (Phi) is 10.5. The molecule has 0 bridgehead atoms. The SMILES string of the molecule is O=C(NC1CCCC1)[C@H](Cc1ccccc1)N(Cc1ccccc1F)C(=O)CN(c1ccccc1)S(=O)(=O)c1ccc(Cl)cc1. The van der Waals surface area contributed by atoms with Crippen molar-refractivity contribution in [1.29, 1.82) is 0 Å². The molecule has 4 aromatic carbocycles. The molecule has 0 spiro atoms. The Hall–Kier alpha value is -4.21. The second-order valence-electron chi connectivity index (χ2n) is 11.1. The summed E-state index contributed by atoms with van der Waals surface area (Å²) < 4.78 is 44.1. The third-order valence-corrected chi connectivity index (χ3v) is 10.0. The number of amides is 2. The van der Waals surface area contributed by atoms with Gasteiger partial charge in [0, 0.05) is 29.6 Å². The summed E-state index contributed by atoms with van der Waals surface area (Å²) in [6.07, 6.45) is 3.84. The minimum Gasteiger partial charge on any atom is -0.352 e. The summed E-state index contributed by atoms with van der Waals surface area (Å²) in [6, 6.07) is 28.3. The van der Waals surface area contributed by atoms with Gasteiger partial charge >= 0.3 is 0 Å². The van der Waals surface area contributed by atoms with Crippen molar-refractivity contribution in [3.05, 3.63) is 131 Å². The van der Waals surface area contributed by atoms with Gasteiger partial charge in [-0.3, -0.25) is 13.9 Å². The molecule has 45 heavy (non-hydrogen) atoms. The van der Waals surface area contributed by atoms with E-state index in [0.29, 0.717) is 5.02 Å². The van der Waals surface area contributed by atoms with Gasteiger partial charge in [0.2, 0.25) is 11.8 Å². The number of anilines is 1. The fourth-order valence-corrected chi connectivity index (χ4v) is 7.13. The van der Waals surface area contributed by atoms with Gasteiger partial charge in [0.25, 0.3) is 10.0 Å². The van der Waals surface area contributed by atoms with Crippen molar-refractivity contribution in [3.63, 3.8) is 0 Å². The molecule has 1 saturated carbocycles. The molecule has 234 valence electrons. The van der Waals surface area contributed by atoms with Crippen LogP contribution in [-0.4, -0.2) is 43.8 Å². The van der Waals surface area contributed by atoms with E-state index in [1.807, 2.05) is 30.3 Å². The van der Waals surface area contributed by atoms with Crippen molar-refractivity contribution in [2.24, 2.45) is 0 Å². The van der Waals surface area contributed by atoms with Crippen molar-refractivity contribution in [2.45, 2.75) is 55.6 Å². The highest BCUT2D eigenvalue weighted by atomic mass is 35.5.